The molecule has 0 bridgehead atoms. The first-order valence-electron chi connectivity index (χ1n) is 8.36. The van der Waals surface area contributed by atoms with Crippen molar-refractivity contribution in [3.05, 3.63) is 29.3 Å². The van der Waals surface area contributed by atoms with Crippen LogP contribution in [0.25, 0.3) is 0 Å². The van der Waals surface area contributed by atoms with Crippen molar-refractivity contribution in [1.82, 2.24) is 5.32 Å². The second-order valence-corrected chi connectivity index (χ2v) is 6.24. The van der Waals surface area contributed by atoms with Crippen molar-refractivity contribution < 1.29 is 9.47 Å². The molecule has 0 radical (unpaired) electrons. The van der Waals surface area contributed by atoms with Crippen molar-refractivity contribution >= 4 is 0 Å². The molecule has 1 fully saturated rings. The highest BCUT2D eigenvalue weighted by Gasteiger charge is 2.27. The number of methoxy groups -OCH3 is 1. The van der Waals surface area contributed by atoms with E-state index in [4.69, 9.17) is 9.47 Å². The Bertz CT molecular complexity index is 474. The monoisotopic (exact) mass is 289 g/mol. The molecule has 0 saturated heterocycles. The highest BCUT2D eigenvalue weighted by Crippen LogP contribution is 2.38. The van der Waals surface area contributed by atoms with E-state index in [0.717, 1.165) is 31.6 Å². The minimum absolute atomic E-state index is 0.313. The summed E-state index contributed by atoms with van der Waals surface area (Å²) in [6.45, 7) is 3.19. The van der Waals surface area contributed by atoms with Gasteiger partial charge in [0.1, 0.15) is 11.9 Å². The summed E-state index contributed by atoms with van der Waals surface area (Å²) in [6, 6.07) is 7.04. The van der Waals surface area contributed by atoms with Crippen molar-refractivity contribution in [2.45, 2.75) is 63.7 Å². The van der Waals surface area contributed by atoms with Gasteiger partial charge in [0.05, 0.1) is 6.10 Å². The topological polar surface area (TPSA) is 30.5 Å². The van der Waals surface area contributed by atoms with Gasteiger partial charge in [0, 0.05) is 19.6 Å². The molecule has 3 rings (SSSR count). The van der Waals surface area contributed by atoms with Crippen molar-refractivity contribution in [3.63, 3.8) is 0 Å². The standard InChI is InChI=1S/C18H27NO2/c1-3-19-17-11-10-16-15(17)8-5-9-18(16)21-14-7-4-6-13(12-14)20-2/h5,8-9,13-14,17,19H,3-4,6-7,10-12H2,1-2H3. The normalized spacial score (nSPS) is 28.4. The molecule has 21 heavy (non-hydrogen) atoms. The van der Waals surface area contributed by atoms with E-state index >= 15 is 0 Å². The van der Waals surface area contributed by atoms with Crippen LogP contribution in [0.4, 0.5) is 0 Å². The summed E-state index contributed by atoms with van der Waals surface area (Å²) in [6.07, 6.45) is 7.56. The zero-order valence-electron chi connectivity index (χ0n) is 13.2. The van der Waals surface area contributed by atoms with E-state index in [9.17, 15) is 0 Å². The lowest BCUT2D eigenvalue weighted by atomic mass is 9.94. The molecule has 3 unspecified atom stereocenters. The first-order chi connectivity index (χ1) is 10.3. The Hall–Kier alpha value is -1.06. The molecule has 3 atom stereocenters. The van der Waals surface area contributed by atoms with Crippen LogP contribution in [0.1, 0.15) is 56.2 Å². The number of hydrogen-bond donors (Lipinski definition) is 1. The molecule has 1 aromatic carbocycles. The molecule has 1 saturated carbocycles. The molecule has 0 heterocycles. The minimum atomic E-state index is 0.313. The van der Waals surface area contributed by atoms with Crippen molar-refractivity contribution in [2.24, 2.45) is 0 Å². The lowest BCUT2D eigenvalue weighted by molar-refractivity contribution is 0.0207. The number of fused-ring (bicyclic) bond motifs is 1. The SMILES string of the molecule is CCNC1CCc2c(OC3CCCC(OC)C3)cccc21. The fourth-order valence-electron chi connectivity index (χ4n) is 3.79. The minimum Gasteiger partial charge on any atom is -0.490 e. The van der Waals surface area contributed by atoms with Crippen molar-refractivity contribution in [3.8, 4) is 5.75 Å². The van der Waals surface area contributed by atoms with Gasteiger partial charge in [-0.1, -0.05) is 19.1 Å². The molecular formula is C18H27NO2. The number of benzene rings is 1. The summed E-state index contributed by atoms with van der Waals surface area (Å²) in [7, 11) is 1.81. The maximum absolute atomic E-state index is 6.35. The van der Waals surface area contributed by atoms with Crippen molar-refractivity contribution in [1.29, 1.82) is 0 Å². The number of rotatable bonds is 5. The van der Waals surface area contributed by atoms with E-state index in [2.05, 4.69) is 30.4 Å². The molecular weight excluding hydrogens is 262 g/mol. The van der Waals surface area contributed by atoms with Crippen LogP contribution in [0.2, 0.25) is 0 Å². The van der Waals surface area contributed by atoms with Gasteiger partial charge in [-0.2, -0.15) is 0 Å². The van der Waals surface area contributed by atoms with Crippen LogP contribution in [0.3, 0.4) is 0 Å². The molecule has 1 N–H and O–H groups in total. The summed E-state index contributed by atoms with van der Waals surface area (Å²) < 4.78 is 11.9. The van der Waals surface area contributed by atoms with E-state index in [1.165, 1.54) is 30.4 Å². The van der Waals surface area contributed by atoms with Crippen LogP contribution in [0.15, 0.2) is 18.2 Å². The smallest absolute Gasteiger partial charge is 0.123 e. The zero-order valence-corrected chi connectivity index (χ0v) is 13.2. The summed E-state index contributed by atoms with van der Waals surface area (Å²) in [5, 5.41) is 3.57. The molecule has 0 aromatic heterocycles. The van der Waals surface area contributed by atoms with E-state index < -0.39 is 0 Å². The second kappa shape index (κ2) is 6.80. The molecule has 3 heteroatoms. The van der Waals surface area contributed by atoms with Gasteiger partial charge >= 0.3 is 0 Å². The van der Waals surface area contributed by atoms with Gasteiger partial charge < -0.3 is 14.8 Å². The first kappa shape index (κ1) is 14.9. The van der Waals surface area contributed by atoms with E-state index in [1.54, 1.807) is 0 Å². The molecule has 116 valence electrons. The molecule has 3 nitrogen and oxygen atoms in total. The number of nitrogens with one attached hydrogen (secondary N) is 1. The lowest BCUT2D eigenvalue weighted by Gasteiger charge is -2.29. The van der Waals surface area contributed by atoms with Gasteiger partial charge in [-0.25, -0.2) is 0 Å². The Morgan fingerprint density at radius 3 is 2.86 bits per heavy atom. The molecule has 2 aliphatic carbocycles. The lowest BCUT2D eigenvalue weighted by Crippen LogP contribution is -2.29. The van der Waals surface area contributed by atoms with Gasteiger partial charge in [0.2, 0.25) is 0 Å². The van der Waals surface area contributed by atoms with Crippen LogP contribution in [0, 0.1) is 0 Å². The van der Waals surface area contributed by atoms with Crippen molar-refractivity contribution in [2.75, 3.05) is 13.7 Å². The Kier molecular flexibility index (Phi) is 4.81. The highest BCUT2D eigenvalue weighted by atomic mass is 16.5. The van der Waals surface area contributed by atoms with Crippen LogP contribution in [0.5, 0.6) is 5.75 Å². The van der Waals surface area contributed by atoms with Crippen LogP contribution in [-0.4, -0.2) is 25.9 Å². The maximum atomic E-state index is 6.35. The van der Waals surface area contributed by atoms with Gasteiger partial charge in [0.25, 0.3) is 0 Å². The predicted octanol–water partition coefficient (Wildman–Crippen LogP) is 3.62. The quantitative estimate of drug-likeness (QED) is 0.898. The van der Waals surface area contributed by atoms with Gasteiger partial charge in [0.15, 0.2) is 0 Å². The summed E-state index contributed by atoms with van der Waals surface area (Å²) in [4.78, 5) is 0. The average Bonchev–Trinajstić information content (AvgIpc) is 2.92. The molecule has 1 aromatic rings. The first-order valence-corrected chi connectivity index (χ1v) is 8.36. The Labute approximate surface area is 128 Å². The largest absolute Gasteiger partial charge is 0.490 e. The summed E-state index contributed by atoms with van der Waals surface area (Å²) in [5.74, 6) is 1.11. The van der Waals surface area contributed by atoms with E-state index in [0.29, 0.717) is 18.2 Å². The fourth-order valence-corrected chi connectivity index (χ4v) is 3.79. The maximum Gasteiger partial charge on any atom is 0.123 e. The molecule has 0 aliphatic heterocycles. The molecule has 0 amide bonds. The molecule has 2 aliphatic rings. The predicted molar refractivity (Wildman–Crippen MR) is 84.9 cm³/mol. The second-order valence-electron chi connectivity index (χ2n) is 6.24. The van der Waals surface area contributed by atoms with Gasteiger partial charge in [-0.05, 0) is 55.8 Å². The third-order valence-corrected chi connectivity index (χ3v) is 4.88. The Morgan fingerprint density at radius 2 is 2.05 bits per heavy atom. The summed E-state index contributed by atoms with van der Waals surface area (Å²) >= 11 is 0. The third-order valence-electron chi connectivity index (χ3n) is 4.88. The number of hydrogen-bond acceptors (Lipinski definition) is 3. The average molecular weight is 289 g/mol. The number of ether oxygens (including phenoxy) is 2. The molecule has 0 spiro atoms. The fraction of sp³-hybridized carbons (Fsp3) is 0.667. The van der Waals surface area contributed by atoms with E-state index in [-0.39, 0.29) is 0 Å². The van der Waals surface area contributed by atoms with Gasteiger partial charge in [-0.3, -0.25) is 0 Å². The highest BCUT2D eigenvalue weighted by molar-refractivity contribution is 5.45. The Morgan fingerprint density at radius 1 is 1.19 bits per heavy atom. The van der Waals surface area contributed by atoms with Crippen LogP contribution in [-0.2, 0) is 11.2 Å². The Balaban J connectivity index is 1.72. The van der Waals surface area contributed by atoms with E-state index in [1.807, 2.05) is 7.11 Å². The third kappa shape index (κ3) is 3.24. The van der Waals surface area contributed by atoms with Crippen LogP contribution >= 0.6 is 0 Å². The summed E-state index contributed by atoms with van der Waals surface area (Å²) in [5.41, 5.74) is 2.86. The van der Waals surface area contributed by atoms with Gasteiger partial charge in [-0.15, -0.1) is 0 Å². The van der Waals surface area contributed by atoms with Crippen LogP contribution < -0.4 is 10.1 Å². The zero-order chi connectivity index (χ0) is 14.7.